The van der Waals surface area contributed by atoms with Crippen LogP contribution in [0.15, 0.2) is 18.2 Å². The van der Waals surface area contributed by atoms with Crippen molar-refractivity contribution in [3.05, 3.63) is 28.8 Å². The van der Waals surface area contributed by atoms with Gasteiger partial charge in [0.2, 0.25) is 5.91 Å². The van der Waals surface area contributed by atoms with Gasteiger partial charge in [0, 0.05) is 24.7 Å². The summed E-state index contributed by atoms with van der Waals surface area (Å²) < 4.78 is 5.09. The van der Waals surface area contributed by atoms with Crippen LogP contribution in [0.2, 0.25) is 5.02 Å². The lowest BCUT2D eigenvalue weighted by atomic mass is 9.98. The Morgan fingerprint density at radius 2 is 2.35 bits per heavy atom. The molecule has 0 bridgehead atoms. The van der Waals surface area contributed by atoms with Gasteiger partial charge in [0.15, 0.2) is 0 Å². The van der Waals surface area contributed by atoms with E-state index in [9.17, 15) is 9.90 Å². The summed E-state index contributed by atoms with van der Waals surface area (Å²) in [6.07, 6.45) is 2.23. The molecule has 0 saturated carbocycles. The molecule has 1 unspecified atom stereocenters. The predicted octanol–water partition coefficient (Wildman–Crippen LogP) is 2.12. The number of carbonyl (C=O) groups excluding carboxylic acids is 1. The number of ether oxygens (including phenoxy) is 1. The van der Waals surface area contributed by atoms with Crippen molar-refractivity contribution >= 4 is 17.5 Å². The van der Waals surface area contributed by atoms with Gasteiger partial charge in [-0.15, -0.1) is 0 Å². The number of methoxy groups -OCH3 is 1. The van der Waals surface area contributed by atoms with Gasteiger partial charge in [-0.25, -0.2) is 0 Å². The van der Waals surface area contributed by atoms with Crippen LogP contribution in [0.1, 0.15) is 18.4 Å². The van der Waals surface area contributed by atoms with Crippen LogP contribution in [-0.2, 0) is 11.2 Å². The molecule has 1 amide bonds. The Morgan fingerprint density at radius 1 is 1.55 bits per heavy atom. The van der Waals surface area contributed by atoms with Gasteiger partial charge >= 0.3 is 0 Å². The first kappa shape index (κ1) is 15.1. The van der Waals surface area contributed by atoms with Crippen LogP contribution in [0.5, 0.6) is 5.75 Å². The quantitative estimate of drug-likeness (QED) is 0.926. The Labute approximate surface area is 124 Å². The molecular formula is C15H20ClNO3. The molecule has 1 saturated heterocycles. The van der Waals surface area contributed by atoms with Crippen LogP contribution in [-0.4, -0.2) is 42.7 Å². The van der Waals surface area contributed by atoms with Crippen LogP contribution in [0.4, 0.5) is 0 Å². The Kier molecular flexibility index (Phi) is 5.26. The topological polar surface area (TPSA) is 49.8 Å². The monoisotopic (exact) mass is 297 g/mol. The number of amides is 1. The summed E-state index contributed by atoms with van der Waals surface area (Å²) in [6, 6.07) is 5.35. The molecule has 0 spiro atoms. The minimum absolute atomic E-state index is 0.0650. The fourth-order valence-corrected chi connectivity index (χ4v) is 2.75. The van der Waals surface area contributed by atoms with Crippen molar-refractivity contribution in [2.24, 2.45) is 5.92 Å². The molecule has 0 aromatic heterocycles. The van der Waals surface area contributed by atoms with E-state index in [-0.39, 0.29) is 18.4 Å². The second-order valence-corrected chi connectivity index (χ2v) is 5.57. The summed E-state index contributed by atoms with van der Waals surface area (Å²) in [5.41, 5.74) is 0.809. The van der Waals surface area contributed by atoms with E-state index < -0.39 is 0 Å². The van der Waals surface area contributed by atoms with E-state index in [2.05, 4.69) is 0 Å². The SMILES string of the molecule is COc1ccc(CC(=O)N2CCCC(CO)C2)c(Cl)c1. The smallest absolute Gasteiger partial charge is 0.227 e. The van der Waals surface area contributed by atoms with E-state index in [4.69, 9.17) is 16.3 Å². The number of aliphatic hydroxyl groups excluding tert-OH is 1. The number of halogens is 1. The van der Waals surface area contributed by atoms with Crippen LogP contribution < -0.4 is 4.74 Å². The van der Waals surface area contributed by atoms with E-state index in [1.807, 2.05) is 11.0 Å². The van der Waals surface area contributed by atoms with Gasteiger partial charge in [0.25, 0.3) is 0 Å². The molecule has 1 N–H and O–H groups in total. The second kappa shape index (κ2) is 6.95. The van der Waals surface area contributed by atoms with Crippen molar-refractivity contribution in [1.82, 2.24) is 4.90 Å². The third-order valence-electron chi connectivity index (χ3n) is 3.73. The predicted molar refractivity (Wildman–Crippen MR) is 78.1 cm³/mol. The number of aliphatic hydroxyl groups is 1. The molecule has 0 aliphatic carbocycles. The first-order chi connectivity index (χ1) is 9.63. The van der Waals surface area contributed by atoms with Gasteiger partial charge in [-0.1, -0.05) is 17.7 Å². The van der Waals surface area contributed by atoms with Gasteiger partial charge in [-0.2, -0.15) is 0 Å². The highest BCUT2D eigenvalue weighted by atomic mass is 35.5. The molecule has 110 valence electrons. The molecule has 0 radical (unpaired) electrons. The summed E-state index contributed by atoms with van der Waals surface area (Å²) in [6.45, 7) is 1.55. The molecule has 1 fully saturated rings. The van der Waals surface area contributed by atoms with Crippen LogP contribution >= 0.6 is 11.6 Å². The third kappa shape index (κ3) is 3.64. The van der Waals surface area contributed by atoms with Crippen LogP contribution in [0, 0.1) is 5.92 Å². The largest absolute Gasteiger partial charge is 0.497 e. The van der Waals surface area contributed by atoms with Crippen molar-refractivity contribution < 1.29 is 14.6 Å². The number of benzene rings is 1. The van der Waals surface area contributed by atoms with Crippen molar-refractivity contribution in [3.63, 3.8) is 0 Å². The normalized spacial score (nSPS) is 18.9. The first-order valence-electron chi connectivity index (χ1n) is 6.85. The number of rotatable bonds is 4. The highest BCUT2D eigenvalue weighted by molar-refractivity contribution is 6.31. The Morgan fingerprint density at radius 3 is 3.00 bits per heavy atom. The van der Waals surface area contributed by atoms with Crippen molar-refractivity contribution in [3.8, 4) is 5.75 Å². The van der Waals surface area contributed by atoms with Crippen LogP contribution in [0.25, 0.3) is 0 Å². The molecule has 1 aromatic carbocycles. The number of piperidine rings is 1. The van der Waals surface area contributed by atoms with E-state index in [0.717, 1.165) is 24.9 Å². The van der Waals surface area contributed by atoms with E-state index in [1.165, 1.54) is 0 Å². The highest BCUT2D eigenvalue weighted by Gasteiger charge is 2.23. The zero-order valence-electron chi connectivity index (χ0n) is 11.6. The lowest BCUT2D eigenvalue weighted by Crippen LogP contribution is -2.41. The minimum atomic E-state index is 0.0650. The van der Waals surface area contributed by atoms with Gasteiger partial charge in [-0.3, -0.25) is 4.79 Å². The van der Waals surface area contributed by atoms with Crippen LogP contribution in [0.3, 0.4) is 0 Å². The maximum atomic E-state index is 12.3. The van der Waals surface area contributed by atoms with Gasteiger partial charge in [0.05, 0.1) is 13.5 Å². The Balaban J connectivity index is 2.00. The third-order valence-corrected chi connectivity index (χ3v) is 4.08. The van der Waals surface area contributed by atoms with Gasteiger partial charge in [0.1, 0.15) is 5.75 Å². The summed E-state index contributed by atoms with van der Waals surface area (Å²) in [5.74, 6) is 0.957. The Hall–Kier alpha value is -1.26. The molecular weight excluding hydrogens is 278 g/mol. The maximum Gasteiger partial charge on any atom is 0.227 e. The van der Waals surface area contributed by atoms with Crippen molar-refractivity contribution in [2.75, 3.05) is 26.8 Å². The van der Waals surface area contributed by atoms with Gasteiger partial charge in [-0.05, 0) is 36.5 Å². The Bertz CT molecular complexity index is 478. The zero-order valence-corrected chi connectivity index (χ0v) is 12.4. The summed E-state index contributed by atoms with van der Waals surface area (Å²) >= 11 is 6.16. The van der Waals surface area contributed by atoms with E-state index in [1.54, 1.807) is 19.2 Å². The fraction of sp³-hybridized carbons (Fsp3) is 0.533. The minimum Gasteiger partial charge on any atom is -0.497 e. The molecule has 5 heteroatoms. The number of hydrogen-bond acceptors (Lipinski definition) is 3. The number of hydrogen-bond donors (Lipinski definition) is 1. The average molecular weight is 298 g/mol. The molecule has 4 nitrogen and oxygen atoms in total. The molecule has 20 heavy (non-hydrogen) atoms. The number of nitrogens with zero attached hydrogens (tertiary/aromatic N) is 1. The summed E-state index contributed by atoms with van der Waals surface area (Å²) in [5, 5.41) is 9.76. The van der Waals surface area contributed by atoms with E-state index in [0.29, 0.717) is 23.7 Å². The molecule has 1 aliphatic rings. The van der Waals surface area contributed by atoms with Crippen molar-refractivity contribution in [2.45, 2.75) is 19.3 Å². The van der Waals surface area contributed by atoms with Gasteiger partial charge < -0.3 is 14.7 Å². The highest BCUT2D eigenvalue weighted by Crippen LogP contribution is 2.24. The average Bonchev–Trinajstić information content (AvgIpc) is 2.49. The fourth-order valence-electron chi connectivity index (χ4n) is 2.51. The maximum absolute atomic E-state index is 12.3. The second-order valence-electron chi connectivity index (χ2n) is 5.16. The first-order valence-corrected chi connectivity index (χ1v) is 7.23. The summed E-state index contributed by atoms with van der Waals surface area (Å²) in [4.78, 5) is 14.1. The zero-order chi connectivity index (χ0) is 14.5. The molecule has 1 heterocycles. The summed E-state index contributed by atoms with van der Waals surface area (Å²) in [7, 11) is 1.58. The molecule has 2 rings (SSSR count). The standard InChI is InChI=1S/C15H20ClNO3/c1-20-13-5-4-12(14(16)8-13)7-15(19)17-6-2-3-11(9-17)10-18/h4-5,8,11,18H,2-3,6-7,9-10H2,1H3. The number of carbonyl (C=O) groups is 1. The molecule has 1 aromatic rings. The van der Waals surface area contributed by atoms with Crippen molar-refractivity contribution in [1.29, 1.82) is 0 Å². The van der Waals surface area contributed by atoms with E-state index >= 15 is 0 Å². The molecule has 1 aliphatic heterocycles. The number of likely N-dealkylation sites (tertiary alicyclic amines) is 1. The lowest BCUT2D eigenvalue weighted by molar-refractivity contribution is -0.132. The molecule has 1 atom stereocenters. The lowest BCUT2D eigenvalue weighted by Gasteiger charge is -2.32.